The minimum atomic E-state index is -3.67. The summed E-state index contributed by atoms with van der Waals surface area (Å²) in [7, 11) is -6.97. The van der Waals surface area contributed by atoms with Gasteiger partial charge < -0.3 is 15.1 Å². The molecule has 6 aliphatic rings. The Morgan fingerprint density at radius 2 is 1.14 bits per heavy atom. The van der Waals surface area contributed by atoms with Gasteiger partial charge in [-0.1, -0.05) is 12.1 Å². The summed E-state index contributed by atoms with van der Waals surface area (Å²) in [5.74, 6) is 0.438. The van der Waals surface area contributed by atoms with Crippen LogP contribution >= 0.6 is 0 Å². The number of carbonyl (C=O) groups excluding carboxylic acids is 2. The number of nitrogens with two attached hydrogens (primary N) is 1. The number of hydrogen-bond acceptors (Lipinski definition) is 9. The normalized spacial score (nSPS) is 21.5. The molecule has 4 aliphatic carbocycles. The lowest BCUT2D eigenvalue weighted by molar-refractivity contribution is 0.148. The molecule has 0 saturated carbocycles. The Morgan fingerprint density at radius 1 is 0.707 bits per heavy atom. The summed E-state index contributed by atoms with van der Waals surface area (Å²) in [6.45, 7) is 12.3. The van der Waals surface area contributed by atoms with E-state index in [1.807, 2.05) is 0 Å². The van der Waals surface area contributed by atoms with E-state index >= 15 is 0 Å². The fraction of sp³-hybridized carbons (Fsp3) is 0.682. The molecule has 2 aromatic carbocycles. The van der Waals surface area contributed by atoms with Gasteiger partial charge in [-0.3, -0.25) is 0 Å². The van der Waals surface area contributed by atoms with Crippen molar-refractivity contribution < 1.29 is 26.4 Å². The van der Waals surface area contributed by atoms with Crippen molar-refractivity contribution in [1.82, 2.24) is 14.5 Å². The van der Waals surface area contributed by atoms with Crippen LogP contribution in [0.15, 0.2) is 17.1 Å². The minimum absolute atomic E-state index is 0.00858. The van der Waals surface area contributed by atoms with Gasteiger partial charge >= 0.3 is 6.03 Å². The maximum absolute atomic E-state index is 12.7. The molecule has 12 nitrogen and oxygen atoms in total. The number of primary sulfonamides is 1. The van der Waals surface area contributed by atoms with Crippen LogP contribution in [-0.4, -0.2) is 88.5 Å². The summed E-state index contributed by atoms with van der Waals surface area (Å²) in [6.07, 6.45) is 18.8. The van der Waals surface area contributed by atoms with E-state index in [-0.39, 0.29) is 23.3 Å². The maximum atomic E-state index is 12.7. The van der Waals surface area contributed by atoms with Crippen LogP contribution in [0.4, 0.5) is 16.2 Å². The lowest BCUT2D eigenvalue weighted by Gasteiger charge is -2.35. The van der Waals surface area contributed by atoms with E-state index in [2.05, 4.69) is 64.7 Å². The summed E-state index contributed by atoms with van der Waals surface area (Å²) in [6, 6.07) is 4.94. The molecular weight excluding hydrogens is 773 g/mol. The van der Waals surface area contributed by atoms with Crippen LogP contribution in [0, 0.1) is 11.8 Å². The van der Waals surface area contributed by atoms with Crippen LogP contribution in [0.1, 0.15) is 124 Å². The molecule has 14 heteroatoms. The molecule has 0 bridgehead atoms. The van der Waals surface area contributed by atoms with Crippen molar-refractivity contribution in [3.8, 4) is 0 Å². The number of aliphatic imine (C=N–C) groups is 1. The number of rotatable bonds is 9. The van der Waals surface area contributed by atoms with Gasteiger partial charge in [0.2, 0.25) is 26.1 Å². The first kappa shape index (κ1) is 44.4. The molecule has 0 aromatic heterocycles. The molecule has 2 atom stereocenters. The van der Waals surface area contributed by atoms with Crippen molar-refractivity contribution in [2.45, 2.75) is 143 Å². The second-order valence-electron chi connectivity index (χ2n) is 18.0. The largest absolute Gasteiger partial charge is 0.332 e. The van der Waals surface area contributed by atoms with E-state index in [1.54, 1.807) is 6.08 Å². The van der Waals surface area contributed by atoms with Crippen molar-refractivity contribution >= 4 is 43.5 Å². The lowest BCUT2D eigenvalue weighted by atomic mass is 9.99. The number of amides is 2. The zero-order valence-electron chi connectivity index (χ0n) is 35.2. The molecule has 0 spiro atoms. The van der Waals surface area contributed by atoms with Gasteiger partial charge in [-0.05, 0) is 200 Å². The maximum Gasteiger partial charge on any atom is 0.332 e. The van der Waals surface area contributed by atoms with E-state index < -0.39 is 26.1 Å². The van der Waals surface area contributed by atoms with Gasteiger partial charge in [0.15, 0.2) is 0 Å². The number of benzene rings is 2. The van der Waals surface area contributed by atoms with Gasteiger partial charge in [0.1, 0.15) is 0 Å². The number of fused-ring (bicyclic) bond motifs is 4. The van der Waals surface area contributed by atoms with E-state index in [1.165, 1.54) is 57.3 Å². The zero-order valence-corrected chi connectivity index (χ0v) is 36.8. The molecule has 2 aromatic rings. The fourth-order valence-corrected chi connectivity index (χ4v) is 12.5. The number of piperidine rings is 2. The predicted molar refractivity (Wildman–Crippen MR) is 232 cm³/mol. The molecule has 2 aliphatic heterocycles. The highest BCUT2D eigenvalue weighted by Gasteiger charge is 2.30. The zero-order chi connectivity index (χ0) is 41.6. The molecule has 58 heavy (non-hydrogen) atoms. The number of aryl methyl sites for hydroxylation is 4. The van der Waals surface area contributed by atoms with Crippen LogP contribution in [0.5, 0.6) is 0 Å². The van der Waals surface area contributed by atoms with Crippen molar-refractivity contribution in [3.05, 3.63) is 56.6 Å². The Hall–Kier alpha value is -3.13. The Morgan fingerprint density at radius 3 is 1.57 bits per heavy atom. The van der Waals surface area contributed by atoms with Gasteiger partial charge in [-0.25, -0.2) is 36.3 Å². The first-order chi connectivity index (χ1) is 27.6. The van der Waals surface area contributed by atoms with Gasteiger partial charge in [-0.15, -0.1) is 0 Å². The molecule has 2 saturated heterocycles. The van der Waals surface area contributed by atoms with E-state index in [0.29, 0.717) is 12.1 Å². The molecule has 2 fully saturated rings. The Kier molecular flexibility index (Phi) is 14.9. The number of urea groups is 1. The summed E-state index contributed by atoms with van der Waals surface area (Å²) < 4.78 is 49.5. The Labute approximate surface area is 347 Å². The van der Waals surface area contributed by atoms with E-state index in [0.717, 1.165) is 127 Å². The smallest absolute Gasteiger partial charge is 0.307 e. The molecular formula is C44H66N6O6S2. The first-order valence-corrected chi connectivity index (χ1v) is 25.2. The van der Waals surface area contributed by atoms with Crippen LogP contribution in [0.25, 0.3) is 0 Å². The predicted octanol–water partition coefficient (Wildman–Crippen LogP) is 6.26. The highest BCUT2D eigenvalue weighted by atomic mass is 32.2. The summed E-state index contributed by atoms with van der Waals surface area (Å²) in [5, 5.41) is 7.96. The number of isocyanates is 1. The number of anilines is 1. The number of nitrogens with one attached hydrogen (secondary N) is 2. The van der Waals surface area contributed by atoms with Crippen molar-refractivity contribution in [2.75, 3.05) is 43.0 Å². The standard InChI is InChI=1S/C22H33N3O3S.C13H13NO.C9H20N2O2S/c1-15(2)25-11-5-6-16(13-25)14-29(27,28)24-22(26)23-21-19-9-3-7-17(19)12-18-8-4-10-20(18)21;15-8-14-13-11-5-1-3-9(11)7-10-4-2-6-12(10)13;1-8(2)11-5-3-4-9(6-11)7-14(10,12)13/h12,15-16H,3-11,13-14H2,1-2H3,(H2,23,24,26);7H,1-6H2;8-9H,3-7H2,1-2H3,(H2,10,12,13). The SMILES string of the molecule is CC(C)N1CCCC(CS(=O)(=O)NC(=O)Nc2c3c(cc4c2CCC4)CCC3)C1.CC(C)N1CCCC(CS(N)(=O)=O)C1.O=C=Nc1c2c(cc3c1CCC3)CCC2. The van der Waals surface area contributed by atoms with E-state index in [4.69, 9.17) is 5.14 Å². The number of carbonyl (C=O) groups is 1. The first-order valence-electron chi connectivity index (χ1n) is 21.8. The molecule has 0 radical (unpaired) electrons. The summed E-state index contributed by atoms with van der Waals surface area (Å²) in [5.41, 5.74) is 12.4. The molecule has 2 heterocycles. The van der Waals surface area contributed by atoms with Crippen molar-refractivity contribution in [1.29, 1.82) is 0 Å². The molecule has 2 unspecified atom stereocenters. The quantitative estimate of drug-likeness (QED) is 0.196. The van der Waals surface area contributed by atoms with Crippen molar-refractivity contribution in [2.24, 2.45) is 22.0 Å². The van der Waals surface area contributed by atoms with Crippen LogP contribution in [-0.2, 0) is 76.2 Å². The third kappa shape index (κ3) is 11.6. The summed E-state index contributed by atoms with van der Waals surface area (Å²) in [4.78, 5) is 31.7. The molecule has 4 N–H and O–H groups in total. The topological polar surface area (TPSA) is 171 Å². The average Bonchev–Trinajstić information content (AvgIpc) is 3.99. The highest BCUT2D eigenvalue weighted by molar-refractivity contribution is 7.90. The third-order valence-corrected chi connectivity index (χ3v) is 15.4. The number of likely N-dealkylation sites (tertiary alicyclic amines) is 2. The van der Waals surface area contributed by atoms with Crippen molar-refractivity contribution in [3.63, 3.8) is 0 Å². The number of nitrogens with zero attached hydrogens (tertiary/aromatic N) is 3. The molecule has 2 amide bonds. The summed E-state index contributed by atoms with van der Waals surface area (Å²) >= 11 is 0. The average molecular weight is 839 g/mol. The minimum Gasteiger partial charge on any atom is -0.307 e. The van der Waals surface area contributed by atoms with Gasteiger partial charge in [0.05, 0.1) is 17.2 Å². The Balaban J connectivity index is 0.000000164. The second kappa shape index (κ2) is 19.5. The number of sulfonamides is 2. The number of hydrogen-bond donors (Lipinski definition) is 3. The molecule has 8 rings (SSSR count). The fourth-order valence-electron chi connectivity index (χ4n) is 10.3. The van der Waals surface area contributed by atoms with Crippen LogP contribution in [0.2, 0.25) is 0 Å². The molecule has 320 valence electrons. The second-order valence-corrected chi connectivity index (χ2v) is 21.4. The highest BCUT2D eigenvalue weighted by Crippen LogP contribution is 2.40. The Bertz CT molecular complexity index is 2010. The van der Waals surface area contributed by atoms with Crippen LogP contribution < -0.4 is 15.2 Å². The van der Waals surface area contributed by atoms with Gasteiger partial charge in [0.25, 0.3) is 0 Å². The van der Waals surface area contributed by atoms with Gasteiger partial charge in [-0.2, -0.15) is 4.99 Å². The third-order valence-electron chi connectivity index (χ3n) is 13.0. The van der Waals surface area contributed by atoms with Gasteiger partial charge in [0, 0.05) is 30.9 Å². The monoisotopic (exact) mass is 838 g/mol. The van der Waals surface area contributed by atoms with Crippen LogP contribution in [0.3, 0.4) is 0 Å². The lowest BCUT2D eigenvalue weighted by Crippen LogP contribution is -2.44. The van der Waals surface area contributed by atoms with E-state index in [9.17, 15) is 26.4 Å².